The van der Waals surface area contributed by atoms with Gasteiger partial charge >= 0.3 is 0 Å². The molecule has 102 valence electrons. The van der Waals surface area contributed by atoms with Crippen molar-refractivity contribution in [2.24, 2.45) is 0 Å². The molecule has 0 bridgehead atoms. The quantitative estimate of drug-likeness (QED) is 0.791. The average Bonchev–Trinajstić information content (AvgIpc) is 2.42. The van der Waals surface area contributed by atoms with Crippen LogP contribution in [0.1, 0.15) is 43.2 Å². The van der Waals surface area contributed by atoms with Crippen LogP contribution < -0.4 is 10.6 Å². The first-order valence-corrected chi connectivity index (χ1v) is 7.51. The molecular weight excluding hydrogens is 231 g/mol. The van der Waals surface area contributed by atoms with Crippen molar-refractivity contribution in [3.63, 3.8) is 0 Å². The van der Waals surface area contributed by atoms with Crippen LogP contribution in [0.5, 0.6) is 0 Å². The summed E-state index contributed by atoms with van der Waals surface area (Å²) in [6.45, 7) is 6.26. The zero-order chi connectivity index (χ0) is 13.7. The molecule has 0 atom stereocenters. The first-order valence-electron chi connectivity index (χ1n) is 7.51. The Labute approximate surface area is 118 Å². The van der Waals surface area contributed by atoms with Crippen LogP contribution in [0.4, 0.5) is 5.69 Å². The van der Waals surface area contributed by atoms with Gasteiger partial charge in [0.25, 0.3) is 0 Å². The van der Waals surface area contributed by atoms with Gasteiger partial charge in [-0.1, -0.05) is 43.8 Å². The average molecular weight is 256 g/mol. The Kier molecular flexibility index (Phi) is 4.95. The van der Waals surface area contributed by atoms with Crippen LogP contribution in [-0.4, -0.2) is 13.9 Å². The Morgan fingerprint density at radius 3 is 2.74 bits per heavy atom. The lowest BCUT2D eigenvalue weighted by molar-refractivity contribution is 0.398. The van der Waals surface area contributed by atoms with Gasteiger partial charge in [0.15, 0.2) is 0 Å². The highest BCUT2D eigenvalue weighted by Gasteiger charge is 2.13. The number of rotatable bonds is 5. The van der Waals surface area contributed by atoms with Crippen molar-refractivity contribution < 1.29 is 0 Å². The standard InChI is InChI=1S/C16H25BN2/c1-12-8-9-16(10-14(12)11-17)19-13(2)18-15-6-4-3-5-7-15/h8-10,15,18-19H,2-7,11,17H2,1H3. The molecule has 2 nitrogen and oxygen atoms in total. The predicted molar refractivity (Wildman–Crippen MR) is 86.2 cm³/mol. The van der Waals surface area contributed by atoms with Crippen LogP contribution in [0.25, 0.3) is 0 Å². The zero-order valence-corrected chi connectivity index (χ0v) is 12.3. The summed E-state index contributed by atoms with van der Waals surface area (Å²) in [6.07, 6.45) is 7.69. The third kappa shape index (κ3) is 4.05. The van der Waals surface area contributed by atoms with E-state index in [0.717, 1.165) is 17.8 Å². The van der Waals surface area contributed by atoms with Gasteiger partial charge in [-0.3, -0.25) is 0 Å². The maximum atomic E-state index is 4.10. The summed E-state index contributed by atoms with van der Waals surface area (Å²) in [5.41, 5.74) is 3.89. The van der Waals surface area contributed by atoms with Crippen LogP contribution in [0.3, 0.4) is 0 Å². The second-order valence-electron chi connectivity index (χ2n) is 5.58. The van der Waals surface area contributed by atoms with Crippen LogP contribution in [0, 0.1) is 6.92 Å². The molecule has 1 saturated carbocycles. The Balaban J connectivity index is 1.90. The smallest absolute Gasteiger partial charge is 0.107 e. The summed E-state index contributed by atoms with van der Waals surface area (Å²) in [7, 11) is 2.20. The normalized spacial score (nSPS) is 16.1. The van der Waals surface area contributed by atoms with Gasteiger partial charge in [0, 0.05) is 11.7 Å². The molecular formula is C16H25BN2. The monoisotopic (exact) mass is 256 g/mol. The molecule has 1 aliphatic carbocycles. The first kappa shape index (κ1) is 14.0. The van der Waals surface area contributed by atoms with E-state index < -0.39 is 0 Å². The third-order valence-corrected chi connectivity index (χ3v) is 4.01. The lowest BCUT2D eigenvalue weighted by Crippen LogP contribution is -2.32. The molecule has 0 aromatic heterocycles. The minimum absolute atomic E-state index is 0.602. The van der Waals surface area contributed by atoms with E-state index in [4.69, 9.17) is 0 Å². The van der Waals surface area contributed by atoms with E-state index in [0.29, 0.717) is 6.04 Å². The SMILES string of the molecule is BCc1cc(NC(=C)NC2CCCCC2)ccc1C. The molecule has 2 N–H and O–H groups in total. The highest BCUT2D eigenvalue weighted by atomic mass is 15.1. The summed E-state index contributed by atoms with van der Waals surface area (Å²) < 4.78 is 0. The number of nitrogens with one attached hydrogen (secondary N) is 2. The van der Waals surface area contributed by atoms with Gasteiger partial charge < -0.3 is 10.6 Å². The van der Waals surface area contributed by atoms with Crippen LogP contribution in [0.15, 0.2) is 30.6 Å². The van der Waals surface area contributed by atoms with Crippen molar-refractivity contribution in [2.75, 3.05) is 5.32 Å². The molecule has 1 aliphatic rings. The fourth-order valence-corrected chi connectivity index (χ4v) is 2.83. The fourth-order valence-electron chi connectivity index (χ4n) is 2.83. The van der Waals surface area contributed by atoms with E-state index in [2.05, 4.69) is 50.2 Å². The van der Waals surface area contributed by atoms with E-state index in [1.54, 1.807) is 0 Å². The van der Waals surface area contributed by atoms with Crippen LogP contribution >= 0.6 is 0 Å². The van der Waals surface area contributed by atoms with Gasteiger partial charge in [-0.25, -0.2) is 0 Å². The number of hydrogen-bond acceptors (Lipinski definition) is 2. The van der Waals surface area contributed by atoms with Crippen LogP contribution in [-0.2, 0) is 6.32 Å². The minimum Gasteiger partial charge on any atom is -0.369 e. The van der Waals surface area contributed by atoms with Crippen molar-refractivity contribution in [1.29, 1.82) is 0 Å². The molecule has 1 aromatic carbocycles. The molecule has 2 rings (SSSR count). The predicted octanol–water partition coefficient (Wildman–Crippen LogP) is 2.93. The number of hydrogen-bond donors (Lipinski definition) is 2. The molecule has 0 radical (unpaired) electrons. The van der Waals surface area contributed by atoms with Crippen molar-refractivity contribution in [3.8, 4) is 0 Å². The second-order valence-corrected chi connectivity index (χ2v) is 5.58. The maximum absolute atomic E-state index is 4.10. The van der Waals surface area contributed by atoms with Crippen molar-refractivity contribution in [1.82, 2.24) is 5.32 Å². The van der Waals surface area contributed by atoms with Gasteiger partial charge in [-0.05, 0) is 37.5 Å². The van der Waals surface area contributed by atoms with Crippen molar-refractivity contribution in [3.05, 3.63) is 41.7 Å². The summed E-state index contributed by atoms with van der Waals surface area (Å²) in [5.74, 6) is 0.929. The molecule has 0 amide bonds. The number of anilines is 1. The molecule has 0 aliphatic heterocycles. The zero-order valence-electron chi connectivity index (χ0n) is 12.3. The van der Waals surface area contributed by atoms with E-state index in [1.807, 2.05) is 0 Å². The molecule has 1 fully saturated rings. The maximum Gasteiger partial charge on any atom is 0.107 e. The minimum atomic E-state index is 0.602. The van der Waals surface area contributed by atoms with E-state index in [-0.39, 0.29) is 0 Å². The van der Waals surface area contributed by atoms with Gasteiger partial charge in [0.2, 0.25) is 0 Å². The topological polar surface area (TPSA) is 24.1 Å². The van der Waals surface area contributed by atoms with Gasteiger partial charge in [-0.15, -0.1) is 0 Å². The Bertz CT molecular complexity index is 436. The van der Waals surface area contributed by atoms with Crippen molar-refractivity contribution in [2.45, 2.75) is 51.4 Å². The molecule has 0 unspecified atom stereocenters. The van der Waals surface area contributed by atoms with E-state index in [1.165, 1.54) is 43.2 Å². The number of benzene rings is 1. The largest absolute Gasteiger partial charge is 0.369 e. The summed E-state index contributed by atoms with van der Waals surface area (Å²) in [6, 6.07) is 7.13. The summed E-state index contributed by atoms with van der Waals surface area (Å²) in [4.78, 5) is 0. The van der Waals surface area contributed by atoms with Gasteiger partial charge in [-0.2, -0.15) is 0 Å². The van der Waals surface area contributed by atoms with Gasteiger partial charge in [0.1, 0.15) is 7.85 Å². The highest BCUT2D eigenvalue weighted by Crippen LogP contribution is 2.19. The van der Waals surface area contributed by atoms with Gasteiger partial charge in [0.05, 0.1) is 5.82 Å². The summed E-state index contributed by atoms with van der Waals surface area (Å²) in [5, 5.41) is 6.90. The lowest BCUT2D eigenvalue weighted by atomic mass is 9.93. The molecule has 3 heteroatoms. The van der Waals surface area contributed by atoms with Crippen LogP contribution in [0.2, 0.25) is 0 Å². The van der Waals surface area contributed by atoms with E-state index in [9.17, 15) is 0 Å². The van der Waals surface area contributed by atoms with E-state index >= 15 is 0 Å². The Hall–Kier alpha value is -1.38. The molecule has 0 spiro atoms. The third-order valence-electron chi connectivity index (χ3n) is 4.01. The van der Waals surface area contributed by atoms with Crippen molar-refractivity contribution >= 4 is 13.5 Å². The fraction of sp³-hybridized carbons (Fsp3) is 0.500. The Morgan fingerprint density at radius 2 is 2.05 bits per heavy atom. The molecule has 1 aromatic rings. The first-order chi connectivity index (χ1) is 9.19. The lowest BCUT2D eigenvalue weighted by Gasteiger charge is -2.25. The summed E-state index contributed by atoms with van der Waals surface area (Å²) >= 11 is 0. The highest BCUT2D eigenvalue weighted by molar-refractivity contribution is 6.08. The second kappa shape index (κ2) is 6.69. The molecule has 19 heavy (non-hydrogen) atoms. The molecule has 0 saturated heterocycles. The molecule has 0 heterocycles. The number of aryl methyl sites for hydroxylation is 1. The Morgan fingerprint density at radius 1 is 1.32 bits per heavy atom.